The van der Waals surface area contributed by atoms with Crippen molar-refractivity contribution in [2.75, 3.05) is 18.4 Å². The Hall–Kier alpha value is -2.44. The van der Waals surface area contributed by atoms with Crippen LogP contribution in [0.2, 0.25) is 0 Å². The lowest BCUT2D eigenvalue weighted by Crippen LogP contribution is -2.46. The smallest absolute Gasteiger partial charge is 0.314 e. The van der Waals surface area contributed by atoms with Crippen molar-refractivity contribution in [2.45, 2.75) is 44.3 Å². The van der Waals surface area contributed by atoms with E-state index >= 15 is 0 Å². The summed E-state index contributed by atoms with van der Waals surface area (Å²) in [4.78, 5) is 25.4. The van der Waals surface area contributed by atoms with Gasteiger partial charge in [-0.1, -0.05) is 0 Å². The Morgan fingerprint density at radius 2 is 1.92 bits per heavy atom. The zero-order valence-corrected chi connectivity index (χ0v) is 14.1. The summed E-state index contributed by atoms with van der Waals surface area (Å²) in [7, 11) is 0. The molecule has 0 bridgehead atoms. The minimum absolute atomic E-state index is 0.0969. The molecule has 25 heavy (non-hydrogen) atoms. The van der Waals surface area contributed by atoms with Crippen molar-refractivity contribution in [1.29, 1.82) is 0 Å². The van der Waals surface area contributed by atoms with Crippen LogP contribution in [-0.2, 0) is 4.79 Å². The third-order valence-corrected chi connectivity index (χ3v) is 5.27. The normalized spacial score (nSPS) is 23.7. The average Bonchev–Trinajstić information content (AvgIpc) is 3.20. The Labute approximate surface area is 146 Å². The molecule has 0 unspecified atom stereocenters. The van der Waals surface area contributed by atoms with Crippen LogP contribution in [0.3, 0.4) is 0 Å². The van der Waals surface area contributed by atoms with E-state index in [2.05, 4.69) is 5.32 Å². The van der Waals surface area contributed by atoms with Crippen molar-refractivity contribution in [2.24, 2.45) is 11.7 Å². The molecule has 134 valence electrons. The van der Waals surface area contributed by atoms with Crippen molar-refractivity contribution >= 4 is 17.6 Å². The number of hydrogen-bond donors (Lipinski definition) is 2. The molecule has 2 aliphatic heterocycles. The lowest BCUT2D eigenvalue weighted by Gasteiger charge is -2.30. The van der Waals surface area contributed by atoms with Gasteiger partial charge in [0, 0.05) is 37.7 Å². The van der Waals surface area contributed by atoms with E-state index in [0.29, 0.717) is 24.5 Å². The maximum absolute atomic E-state index is 12.5. The van der Waals surface area contributed by atoms with E-state index in [4.69, 9.17) is 15.2 Å². The van der Waals surface area contributed by atoms with E-state index in [1.165, 1.54) is 4.90 Å². The predicted octanol–water partition coefficient (Wildman–Crippen LogP) is 2.46. The number of piperidine rings is 1. The first-order valence-corrected chi connectivity index (χ1v) is 8.92. The third-order valence-electron chi connectivity index (χ3n) is 5.27. The Balaban J connectivity index is 1.42. The molecule has 1 saturated heterocycles. The zero-order valence-electron chi connectivity index (χ0n) is 14.1. The van der Waals surface area contributed by atoms with Crippen LogP contribution < -0.4 is 20.5 Å². The van der Waals surface area contributed by atoms with E-state index in [9.17, 15) is 9.59 Å². The first kappa shape index (κ1) is 16.1. The van der Waals surface area contributed by atoms with Gasteiger partial charge in [0.2, 0.25) is 5.91 Å². The van der Waals surface area contributed by atoms with Gasteiger partial charge in [-0.05, 0) is 37.8 Å². The summed E-state index contributed by atoms with van der Waals surface area (Å²) in [6, 6.07) is 5.01. The van der Waals surface area contributed by atoms with Crippen LogP contribution in [0.1, 0.15) is 38.5 Å². The first-order chi connectivity index (χ1) is 12.0. The van der Waals surface area contributed by atoms with E-state index < -0.39 is 11.8 Å². The minimum atomic E-state index is -0.504. The molecule has 2 heterocycles. The molecule has 2 fully saturated rings. The van der Waals surface area contributed by atoms with Gasteiger partial charge in [-0.25, -0.2) is 4.79 Å². The summed E-state index contributed by atoms with van der Waals surface area (Å²) in [5.41, 5.74) is 6.00. The standard InChI is InChI=1S/C18H23N3O4/c19-17(23)21-9-3-4-12(11-21)16(22)20-13-5-6-14-15(10-13)25-18(24-14)7-1-2-8-18/h5-6,10,12H,1-4,7-9,11H2,(H2,19,23)(H,20,22)/t12-/m0/s1. The number of nitrogens with zero attached hydrogens (tertiary/aromatic N) is 1. The Bertz CT molecular complexity index is 700. The maximum atomic E-state index is 12.5. The fourth-order valence-electron chi connectivity index (χ4n) is 3.92. The van der Waals surface area contributed by atoms with Gasteiger partial charge in [0.1, 0.15) is 0 Å². The van der Waals surface area contributed by atoms with E-state index in [1.54, 1.807) is 0 Å². The zero-order chi connectivity index (χ0) is 17.4. The molecule has 0 radical (unpaired) electrons. The highest BCUT2D eigenvalue weighted by atomic mass is 16.7. The molecule has 7 heteroatoms. The topological polar surface area (TPSA) is 93.9 Å². The quantitative estimate of drug-likeness (QED) is 0.861. The number of anilines is 1. The van der Waals surface area contributed by atoms with Crippen molar-refractivity contribution in [1.82, 2.24) is 4.90 Å². The molecule has 1 aromatic carbocycles. The summed E-state index contributed by atoms with van der Waals surface area (Å²) in [6.07, 6.45) is 5.54. The number of rotatable bonds is 2. The van der Waals surface area contributed by atoms with Gasteiger partial charge >= 0.3 is 6.03 Å². The number of primary amides is 1. The molecule has 3 amide bonds. The fraction of sp³-hybridized carbons (Fsp3) is 0.556. The Kier molecular flexibility index (Phi) is 3.94. The van der Waals surface area contributed by atoms with Gasteiger partial charge in [0.15, 0.2) is 11.5 Å². The average molecular weight is 345 g/mol. The fourth-order valence-corrected chi connectivity index (χ4v) is 3.92. The molecule has 3 N–H and O–H groups in total. The van der Waals surface area contributed by atoms with Crippen molar-refractivity contribution in [3.8, 4) is 11.5 Å². The SMILES string of the molecule is NC(=O)N1CCC[C@H](C(=O)Nc2ccc3c(c2)OC2(CCCC2)O3)C1. The first-order valence-electron chi connectivity index (χ1n) is 8.92. The highest BCUT2D eigenvalue weighted by Crippen LogP contribution is 2.47. The highest BCUT2D eigenvalue weighted by molar-refractivity contribution is 5.93. The minimum Gasteiger partial charge on any atom is -0.448 e. The number of carbonyl (C=O) groups excluding carboxylic acids is 2. The lowest BCUT2D eigenvalue weighted by molar-refractivity contribution is -0.121. The highest BCUT2D eigenvalue weighted by Gasteiger charge is 2.44. The van der Waals surface area contributed by atoms with Gasteiger partial charge in [0.05, 0.1) is 5.92 Å². The number of ether oxygens (including phenoxy) is 2. The lowest BCUT2D eigenvalue weighted by atomic mass is 9.97. The molecule has 1 atom stereocenters. The number of nitrogens with one attached hydrogen (secondary N) is 1. The molecular weight excluding hydrogens is 322 g/mol. The number of likely N-dealkylation sites (tertiary alicyclic amines) is 1. The van der Waals surface area contributed by atoms with Crippen molar-refractivity contribution in [3.63, 3.8) is 0 Å². The summed E-state index contributed by atoms with van der Waals surface area (Å²) in [5, 5.41) is 2.93. The van der Waals surface area contributed by atoms with Gasteiger partial charge in [-0.3, -0.25) is 4.79 Å². The number of nitrogens with two attached hydrogens (primary N) is 1. The molecule has 4 rings (SSSR count). The molecule has 3 aliphatic rings. The van der Waals surface area contributed by atoms with Crippen LogP contribution in [0, 0.1) is 5.92 Å². The number of urea groups is 1. The van der Waals surface area contributed by atoms with Crippen LogP contribution in [0.15, 0.2) is 18.2 Å². The van der Waals surface area contributed by atoms with E-state index in [-0.39, 0.29) is 11.8 Å². The Morgan fingerprint density at radius 1 is 1.16 bits per heavy atom. The van der Waals surface area contributed by atoms with Gasteiger partial charge in [-0.2, -0.15) is 0 Å². The molecule has 1 saturated carbocycles. The monoisotopic (exact) mass is 345 g/mol. The third kappa shape index (κ3) is 3.10. The van der Waals surface area contributed by atoms with Crippen molar-refractivity contribution in [3.05, 3.63) is 18.2 Å². The number of carbonyl (C=O) groups is 2. The maximum Gasteiger partial charge on any atom is 0.314 e. The van der Waals surface area contributed by atoms with E-state index in [0.717, 1.165) is 44.3 Å². The molecule has 1 aliphatic carbocycles. The van der Waals surface area contributed by atoms with Crippen LogP contribution in [0.4, 0.5) is 10.5 Å². The summed E-state index contributed by atoms with van der Waals surface area (Å²) < 4.78 is 12.0. The number of hydrogen-bond acceptors (Lipinski definition) is 4. The summed E-state index contributed by atoms with van der Waals surface area (Å²) >= 11 is 0. The molecular formula is C18H23N3O4. The van der Waals surface area contributed by atoms with Crippen LogP contribution in [0.5, 0.6) is 11.5 Å². The number of amides is 3. The molecule has 1 spiro atoms. The van der Waals surface area contributed by atoms with Gasteiger partial charge in [0.25, 0.3) is 5.79 Å². The largest absolute Gasteiger partial charge is 0.448 e. The second-order valence-electron chi connectivity index (χ2n) is 7.10. The summed E-state index contributed by atoms with van der Waals surface area (Å²) in [5.74, 6) is 0.573. The molecule has 7 nitrogen and oxygen atoms in total. The predicted molar refractivity (Wildman–Crippen MR) is 91.4 cm³/mol. The molecule has 0 aromatic heterocycles. The van der Waals surface area contributed by atoms with Crippen molar-refractivity contribution < 1.29 is 19.1 Å². The van der Waals surface area contributed by atoms with Crippen LogP contribution in [0.25, 0.3) is 0 Å². The van der Waals surface area contributed by atoms with Crippen LogP contribution in [-0.4, -0.2) is 35.7 Å². The Morgan fingerprint density at radius 3 is 2.68 bits per heavy atom. The molecule has 1 aromatic rings. The summed E-state index contributed by atoms with van der Waals surface area (Å²) in [6.45, 7) is 0.986. The number of benzene rings is 1. The van der Waals surface area contributed by atoms with E-state index in [1.807, 2.05) is 18.2 Å². The van der Waals surface area contributed by atoms with Crippen LogP contribution >= 0.6 is 0 Å². The van der Waals surface area contributed by atoms with Gasteiger partial charge in [-0.15, -0.1) is 0 Å². The number of fused-ring (bicyclic) bond motifs is 1. The second kappa shape index (κ2) is 6.13. The van der Waals surface area contributed by atoms with Gasteiger partial charge < -0.3 is 25.4 Å². The second-order valence-corrected chi connectivity index (χ2v) is 7.10.